The largest absolute Gasteiger partial charge is 0.375 e. The number of carbonyl (C=O) groups is 1. The van der Waals surface area contributed by atoms with Gasteiger partial charge in [-0.3, -0.25) is 4.79 Å². The number of nitrogens with zero attached hydrogens (tertiary/aromatic N) is 4. The fraction of sp³-hybridized carbons (Fsp3) is 0.667. The van der Waals surface area contributed by atoms with E-state index in [4.69, 9.17) is 4.74 Å². The molecule has 29 heavy (non-hydrogen) atoms. The molecular formula is C21H34N6O2. The number of pyridine rings is 1. The molecule has 0 radical (unpaired) electrons. The van der Waals surface area contributed by atoms with Gasteiger partial charge in [0.1, 0.15) is 5.82 Å². The highest BCUT2D eigenvalue weighted by molar-refractivity contribution is 5.79. The third kappa shape index (κ3) is 6.59. The van der Waals surface area contributed by atoms with Crippen molar-refractivity contribution in [2.45, 2.75) is 45.8 Å². The molecule has 2 N–H and O–H groups in total. The van der Waals surface area contributed by atoms with Crippen LogP contribution in [0.4, 0.5) is 5.82 Å². The number of rotatable bonds is 8. The predicted octanol–water partition coefficient (Wildman–Crippen LogP) is 1.37. The van der Waals surface area contributed by atoms with E-state index in [0.717, 1.165) is 76.1 Å². The van der Waals surface area contributed by atoms with Gasteiger partial charge in [-0.25, -0.2) is 9.98 Å². The number of aliphatic imine (C=N–C) groups is 1. The minimum absolute atomic E-state index is 0.243. The number of aromatic nitrogens is 1. The van der Waals surface area contributed by atoms with Crippen LogP contribution in [0.3, 0.4) is 0 Å². The lowest BCUT2D eigenvalue weighted by Gasteiger charge is -2.32. The average Bonchev–Trinajstić information content (AvgIpc) is 3.14. The number of hydrogen-bond acceptors (Lipinski definition) is 5. The van der Waals surface area contributed by atoms with Crippen LogP contribution in [0, 0.1) is 0 Å². The minimum Gasteiger partial charge on any atom is -0.375 e. The first-order chi connectivity index (χ1) is 14.2. The van der Waals surface area contributed by atoms with Crippen LogP contribution in [0.25, 0.3) is 0 Å². The molecule has 2 aliphatic rings. The van der Waals surface area contributed by atoms with Gasteiger partial charge < -0.3 is 25.2 Å². The zero-order valence-electron chi connectivity index (χ0n) is 17.7. The van der Waals surface area contributed by atoms with E-state index in [0.29, 0.717) is 13.0 Å². The lowest BCUT2D eigenvalue weighted by atomic mass is 10.2. The maximum atomic E-state index is 11.7. The van der Waals surface area contributed by atoms with Gasteiger partial charge in [0.05, 0.1) is 19.3 Å². The molecule has 2 aliphatic heterocycles. The second-order valence-electron chi connectivity index (χ2n) is 7.61. The van der Waals surface area contributed by atoms with Crippen molar-refractivity contribution in [1.82, 2.24) is 20.5 Å². The number of guanidine groups is 1. The summed E-state index contributed by atoms with van der Waals surface area (Å²) >= 11 is 0. The Morgan fingerprint density at radius 3 is 2.93 bits per heavy atom. The standard InChI is InChI=1S/C21H34N6O2/c1-3-22-21(23-9-5-11-26-10-4-6-20(26)28)25-15-18-7-8-19(24-14-18)27-12-13-29-17(2)16-27/h7-8,14,17H,3-6,9-13,15-16H2,1-2H3,(H2,22,23,25). The van der Waals surface area contributed by atoms with Gasteiger partial charge in [-0.15, -0.1) is 0 Å². The molecule has 0 aromatic carbocycles. The highest BCUT2D eigenvalue weighted by Gasteiger charge is 2.19. The molecule has 1 aromatic rings. The third-order valence-corrected chi connectivity index (χ3v) is 5.21. The summed E-state index contributed by atoms with van der Waals surface area (Å²) in [5, 5.41) is 6.63. The van der Waals surface area contributed by atoms with Crippen molar-refractivity contribution >= 4 is 17.7 Å². The summed E-state index contributed by atoms with van der Waals surface area (Å²) in [6.45, 7) is 10.5. The zero-order chi connectivity index (χ0) is 20.5. The molecule has 0 aliphatic carbocycles. The van der Waals surface area contributed by atoms with Gasteiger partial charge in [0.15, 0.2) is 5.96 Å². The van der Waals surface area contributed by atoms with Crippen molar-refractivity contribution in [2.24, 2.45) is 4.99 Å². The first-order valence-corrected chi connectivity index (χ1v) is 10.8. The second kappa shape index (κ2) is 11.0. The summed E-state index contributed by atoms with van der Waals surface area (Å²) in [7, 11) is 0. The minimum atomic E-state index is 0.243. The van der Waals surface area contributed by atoms with Crippen molar-refractivity contribution in [2.75, 3.05) is 50.8 Å². The number of ether oxygens (including phenoxy) is 1. The van der Waals surface area contributed by atoms with Crippen molar-refractivity contribution in [3.8, 4) is 0 Å². The maximum absolute atomic E-state index is 11.7. The number of amides is 1. The normalized spacial score (nSPS) is 20.3. The van der Waals surface area contributed by atoms with Gasteiger partial charge in [-0.05, 0) is 38.3 Å². The van der Waals surface area contributed by atoms with E-state index in [-0.39, 0.29) is 12.0 Å². The smallest absolute Gasteiger partial charge is 0.222 e. The molecule has 3 heterocycles. The van der Waals surface area contributed by atoms with Gasteiger partial charge in [0, 0.05) is 51.9 Å². The summed E-state index contributed by atoms with van der Waals surface area (Å²) < 4.78 is 5.60. The number of nitrogens with one attached hydrogen (secondary N) is 2. The molecule has 1 aromatic heterocycles. The van der Waals surface area contributed by atoms with Crippen LogP contribution in [-0.2, 0) is 16.1 Å². The molecule has 3 rings (SSSR count). The number of anilines is 1. The molecule has 160 valence electrons. The van der Waals surface area contributed by atoms with E-state index in [9.17, 15) is 4.79 Å². The summed E-state index contributed by atoms with van der Waals surface area (Å²) in [5.74, 6) is 2.08. The molecule has 1 unspecified atom stereocenters. The molecule has 0 spiro atoms. The number of likely N-dealkylation sites (tertiary alicyclic amines) is 1. The van der Waals surface area contributed by atoms with Crippen molar-refractivity contribution in [3.63, 3.8) is 0 Å². The fourth-order valence-electron chi connectivity index (χ4n) is 3.65. The Morgan fingerprint density at radius 2 is 2.24 bits per heavy atom. The molecule has 0 bridgehead atoms. The summed E-state index contributed by atoms with van der Waals surface area (Å²) in [4.78, 5) is 25.1. The number of carbonyl (C=O) groups excluding carboxylic acids is 1. The zero-order valence-corrected chi connectivity index (χ0v) is 17.7. The first-order valence-electron chi connectivity index (χ1n) is 10.8. The van der Waals surface area contributed by atoms with Gasteiger partial charge >= 0.3 is 0 Å². The molecule has 8 nitrogen and oxygen atoms in total. The van der Waals surface area contributed by atoms with Gasteiger partial charge in [-0.1, -0.05) is 6.07 Å². The molecule has 1 atom stereocenters. The Hall–Kier alpha value is -2.35. The van der Waals surface area contributed by atoms with E-state index < -0.39 is 0 Å². The van der Waals surface area contributed by atoms with Crippen molar-refractivity contribution < 1.29 is 9.53 Å². The van der Waals surface area contributed by atoms with Crippen LogP contribution in [-0.4, -0.2) is 73.7 Å². The Morgan fingerprint density at radius 1 is 1.34 bits per heavy atom. The second-order valence-corrected chi connectivity index (χ2v) is 7.61. The van der Waals surface area contributed by atoms with Gasteiger partial charge in [0.2, 0.25) is 5.91 Å². The Labute approximate surface area is 173 Å². The van der Waals surface area contributed by atoms with Crippen molar-refractivity contribution in [3.05, 3.63) is 23.9 Å². The topological polar surface area (TPSA) is 82.1 Å². The Kier molecular flexibility index (Phi) is 8.10. The first kappa shape index (κ1) is 21.4. The van der Waals surface area contributed by atoms with Crippen LogP contribution >= 0.6 is 0 Å². The van der Waals surface area contributed by atoms with Crippen molar-refractivity contribution in [1.29, 1.82) is 0 Å². The Bertz CT molecular complexity index is 678. The van der Waals surface area contributed by atoms with E-state index in [1.807, 2.05) is 11.1 Å². The van der Waals surface area contributed by atoms with E-state index >= 15 is 0 Å². The molecule has 2 saturated heterocycles. The summed E-state index contributed by atoms with van der Waals surface area (Å²) in [6, 6.07) is 4.16. The van der Waals surface area contributed by atoms with Crippen LogP contribution in [0.5, 0.6) is 0 Å². The summed E-state index contributed by atoms with van der Waals surface area (Å²) in [5.41, 5.74) is 1.08. The van der Waals surface area contributed by atoms with Crippen LogP contribution in [0.15, 0.2) is 23.3 Å². The van der Waals surface area contributed by atoms with E-state index in [2.05, 4.69) is 51.5 Å². The summed E-state index contributed by atoms with van der Waals surface area (Å²) in [6.07, 6.45) is 4.77. The molecule has 2 fully saturated rings. The average molecular weight is 403 g/mol. The number of hydrogen-bond donors (Lipinski definition) is 2. The third-order valence-electron chi connectivity index (χ3n) is 5.21. The van der Waals surface area contributed by atoms with E-state index in [1.54, 1.807) is 0 Å². The van der Waals surface area contributed by atoms with Crippen LogP contribution < -0.4 is 15.5 Å². The fourth-order valence-corrected chi connectivity index (χ4v) is 3.65. The Balaban J connectivity index is 1.45. The molecule has 0 saturated carbocycles. The SMILES string of the molecule is CCNC(=NCc1ccc(N2CCOC(C)C2)nc1)NCCCN1CCCC1=O. The van der Waals surface area contributed by atoms with E-state index in [1.165, 1.54) is 0 Å². The molecule has 1 amide bonds. The monoisotopic (exact) mass is 402 g/mol. The molecule has 8 heteroatoms. The lowest BCUT2D eigenvalue weighted by Crippen LogP contribution is -2.41. The van der Waals surface area contributed by atoms with Gasteiger partial charge in [0.25, 0.3) is 0 Å². The highest BCUT2D eigenvalue weighted by Crippen LogP contribution is 2.15. The van der Waals surface area contributed by atoms with Gasteiger partial charge in [-0.2, -0.15) is 0 Å². The van der Waals surface area contributed by atoms with Crippen LogP contribution in [0.1, 0.15) is 38.7 Å². The molecular weight excluding hydrogens is 368 g/mol. The highest BCUT2D eigenvalue weighted by atomic mass is 16.5. The maximum Gasteiger partial charge on any atom is 0.222 e. The number of morpholine rings is 1. The predicted molar refractivity (Wildman–Crippen MR) is 115 cm³/mol. The lowest BCUT2D eigenvalue weighted by molar-refractivity contribution is -0.127. The quantitative estimate of drug-likeness (QED) is 0.388. The van der Waals surface area contributed by atoms with Crippen LogP contribution in [0.2, 0.25) is 0 Å².